The number of carbonyl (C=O) groups is 1. The summed E-state index contributed by atoms with van der Waals surface area (Å²) < 4.78 is 22.1. The minimum atomic E-state index is -0.351. The van der Waals surface area contributed by atoms with Crippen LogP contribution in [0.3, 0.4) is 0 Å². The number of hydrogen-bond donors (Lipinski definition) is 2. The summed E-state index contributed by atoms with van der Waals surface area (Å²) in [6.07, 6.45) is 2.84. The molecule has 9 heteroatoms. The molecular weight excluding hydrogens is 570 g/mol. The van der Waals surface area contributed by atoms with Crippen LogP contribution in [0, 0.1) is 0 Å². The van der Waals surface area contributed by atoms with Gasteiger partial charge in [0.2, 0.25) is 0 Å². The van der Waals surface area contributed by atoms with Gasteiger partial charge in [-0.2, -0.15) is 0 Å². The topological polar surface area (TPSA) is 102 Å². The lowest BCUT2D eigenvalue weighted by atomic mass is 9.98. The fourth-order valence-corrected chi connectivity index (χ4v) is 6.18. The lowest BCUT2D eigenvalue weighted by molar-refractivity contribution is 0.102. The first kappa shape index (κ1) is 30.0. The van der Waals surface area contributed by atoms with Crippen LogP contribution >= 0.6 is 0 Å². The summed E-state index contributed by atoms with van der Waals surface area (Å²) >= 11 is 0. The molecule has 1 aliphatic rings. The number of nitrogens with zero attached hydrogens (tertiary/aromatic N) is 1. The van der Waals surface area contributed by atoms with Crippen molar-refractivity contribution in [1.29, 1.82) is 0 Å². The van der Waals surface area contributed by atoms with Gasteiger partial charge in [0.1, 0.15) is 11.5 Å². The first-order valence-electron chi connectivity index (χ1n) is 15.0. The number of pyridine rings is 1. The Morgan fingerprint density at radius 1 is 0.800 bits per heavy atom. The number of aryl methyl sites for hydroxylation is 1. The van der Waals surface area contributed by atoms with Crippen LogP contribution in [0.25, 0.3) is 21.8 Å². The zero-order valence-electron chi connectivity index (χ0n) is 26.0. The second kappa shape index (κ2) is 12.9. The highest BCUT2D eigenvalue weighted by Gasteiger charge is 2.20. The number of para-hydroxylation sites is 2. The Kier molecular flexibility index (Phi) is 8.62. The van der Waals surface area contributed by atoms with E-state index in [2.05, 4.69) is 27.3 Å². The van der Waals surface area contributed by atoms with Crippen LogP contribution in [-0.4, -0.2) is 57.3 Å². The van der Waals surface area contributed by atoms with E-state index in [9.17, 15) is 9.59 Å². The highest BCUT2D eigenvalue weighted by Crippen LogP contribution is 2.34. The molecule has 0 atom stereocenters. The Morgan fingerprint density at radius 3 is 2.22 bits per heavy atom. The average Bonchev–Trinajstić information content (AvgIpc) is 3.07. The molecule has 45 heavy (non-hydrogen) atoms. The van der Waals surface area contributed by atoms with Gasteiger partial charge in [0.05, 0.1) is 50.7 Å². The van der Waals surface area contributed by atoms with Gasteiger partial charge in [-0.1, -0.05) is 18.2 Å². The van der Waals surface area contributed by atoms with E-state index < -0.39 is 0 Å². The zero-order chi connectivity index (χ0) is 31.5. The number of aromatic nitrogens is 1. The lowest BCUT2D eigenvalue weighted by Gasteiger charge is -2.29. The van der Waals surface area contributed by atoms with Gasteiger partial charge in [0.25, 0.3) is 5.91 Å². The Bertz CT molecular complexity index is 1950. The molecule has 5 aromatic rings. The summed E-state index contributed by atoms with van der Waals surface area (Å²) in [5, 5.41) is 3.92. The SMILES string of the molecule is COc1cc(CCCN2CCc3cc(OC)c(OC)cc3C2)ccc1NC(=O)c1cccc2c(=O)c3cccc(OC)c3[nH]c12. The molecule has 4 aromatic carbocycles. The maximum atomic E-state index is 13.6. The normalized spacial score (nSPS) is 13.0. The highest BCUT2D eigenvalue weighted by molar-refractivity contribution is 6.13. The standard InChI is InChI=1S/C36H37N3O6/c1-42-29-12-6-10-26-34(29)38-33-25(35(26)40)9-5-11-27(33)36(41)37-28-14-13-22(18-30(28)43-2)8-7-16-39-17-15-23-19-31(44-3)32(45-4)20-24(23)21-39/h5-6,9-14,18-20H,7-8,15-17,21H2,1-4H3,(H,37,41)(H,38,40). The lowest BCUT2D eigenvalue weighted by Crippen LogP contribution is -2.31. The van der Waals surface area contributed by atoms with Gasteiger partial charge in [0, 0.05) is 23.9 Å². The summed E-state index contributed by atoms with van der Waals surface area (Å²) in [6, 6.07) is 20.5. The predicted molar refractivity (Wildman–Crippen MR) is 176 cm³/mol. The van der Waals surface area contributed by atoms with E-state index >= 15 is 0 Å². The summed E-state index contributed by atoms with van der Waals surface area (Å²) in [5.41, 5.74) is 5.46. The Balaban J connectivity index is 1.14. The van der Waals surface area contributed by atoms with Crippen molar-refractivity contribution >= 4 is 33.4 Å². The number of H-pyrrole nitrogens is 1. The Labute approximate surface area is 261 Å². The van der Waals surface area contributed by atoms with Crippen LogP contribution in [0.4, 0.5) is 5.69 Å². The molecule has 1 amide bonds. The second-order valence-electron chi connectivity index (χ2n) is 11.2. The van der Waals surface area contributed by atoms with Gasteiger partial charge in [0.15, 0.2) is 16.9 Å². The van der Waals surface area contributed by atoms with Crippen LogP contribution < -0.4 is 29.7 Å². The molecule has 232 valence electrons. The predicted octanol–water partition coefficient (Wildman–Crippen LogP) is 5.96. The molecule has 1 aromatic heterocycles. The van der Waals surface area contributed by atoms with E-state index in [1.54, 1.807) is 64.8 Å². The van der Waals surface area contributed by atoms with Gasteiger partial charge < -0.3 is 29.2 Å². The molecule has 0 bridgehead atoms. The van der Waals surface area contributed by atoms with E-state index in [0.717, 1.165) is 56.0 Å². The number of hydrogen-bond acceptors (Lipinski definition) is 7. The fourth-order valence-electron chi connectivity index (χ4n) is 6.18. The first-order valence-corrected chi connectivity index (χ1v) is 15.0. The maximum Gasteiger partial charge on any atom is 0.257 e. The molecule has 2 heterocycles. The molecule has 6 rings (SSSR count). The van der Waals surface area contributed by atoms with Crippen molar-refractivity contribution in [2.24, 2.45) is 0 Å². The number of amides is 1. The van der Waals surface area contributed by atoms with Gasteiger partial charge in [-0.25, -0.2) is 0 Å². The number of nitrogens with one attached hydrogen (secondary N) is 2. The number of rotatable bonds is 10. The monoisotopic (exact) mass is 607 g/mol. The molecular formula is C36H37N3O6. The van der Waals surface area contributed by atoms with Crippen molar-refractivity contribution < 1.29 is 23.7 Å². The van der Waals surface area contributed by atoms with Gasteiger partial charge >= 0.3 is 0 Å². The van der Waals surface area contributed by atoms with Gasteiger partial charge in [-0.05, 0) is 91.0 Å². The number of benzene rings is 4. The van der Waals surface area contributed by atoms with E-state index in [4.69, 9.17) is 18.9 Å². The number of anilines is 1. The summed E-state index contributed by atoms with van der Waals surface area (Å²) in [6.45, 7) is 2.85. The summed E-state index contributed by atoms with van der Waals surface area (Å²) in [5.74, 6) is 2.30. The van der Waals surface area contributed by atoms with Crippen LogP contribution in [0.2, 0.25) is 0 Å². The van der Waals surface area contributed by atoms with Crippen molar-refractivity contribution in [3.05, 3.63) is 99.2 Å². The van der Waals surface area contributed by atoms with Gasteiger partial charge in [-0.15, -0.1) is 0 Å². The highest BCUT2D eigenvalue weighted by atomic mass is 16.5. The quantitative estimate of drug-likeness (QED) is 0.189. The summed E-state index contributed by atoms with van der Waals surface area (Å²) in [7, 11) is 6.48. The van der Waals surface area contributed by atoms with Crippen molar-refractivity contribution in [3.63, 3.8) is 0 Å². The van der Waals surface area contributed by atoms with E-state index in [0.29, 0.717) is 44.6 Å². The Hall–Kier alpha value is -5.02. The molecule has 1 aliphatic heterocycles. The molecule has 0 unspecified atom stereocenters. The van der Waals surface area contributed by atoms with Crippen LogP contribution in [0.15, 0.2) is 71.5 Å². The molecule has 0 saturated heterocycles. The van der Waals surface area contributed by atoms with E-state index in [1.165, 1.54) is 11.1 Å². The minimum absolute atomic E-state index is 0.164. The number of methoxy groups -OCH3 is 4. The molecule has 2 N–H and O–H groups in total. The number of carbonyl (C=O) groups excluding carboxylic acids is 1. The zero-order valence-corrected chi connectivity index (χ0v) is 26.0. The maximum absolute atomic E-state index is 13.6. The van der Waals surface area contributed by atoms with Crippen molar-refractivity contribution in [2.75, 3.05) is 46.8 Å². The fraction of sp³-hybridized carbons (Fsp3) is 0.278. The molecule has 9 nitrogen and oxygen atoms in total. The van der Waals surface area contributed by atoms with Crippen LogP contribution in [0.5, 0.6) is 23.0 Å². The smallest absolute Gasteiger partial charge is 0.257 e. The molecule has 0 saturated carbocycles. The molecule has 0 aliphatic carbocycles. The average molecular weight is 608 g/mol. The van der Waals surface area contributed by atoms with E-state index in [-0.39, 0.29) is 11.3 Å². The van der Waals surface area contributed by atoms with Crippen molar-refractivity contribution in [2.45, 2.75) is 25.8 Å². The number of ether oxygens (including phenoxy) is 4. The number of fused-ring (bicyclic) bond motifs is 3. The van der Waals surface area contributed by atoms with E-state index in [1.807, 2.05) is 18.2 Å². The largest absolute Gasteiger partial charge is 0.495 e. The summed E-state index contributed by atoms with van der Waals surface area (Å²) in [4.78, 5) is 32.6. The van der Waals surface area contributed by atoms with Crippen LogP contribution in [-0.2, 0) is 19.4 Å². The third-order valence-corrected chi connectivity index (χ3v) is 8.55. The minimum Gasteiger partial charge on any atom is -0.495 e. The molecule has 0 radical (unpaired) electrons. The molecule has 0 fully saturated rings. The van der Waals surface area contributed by atoms with Gasteiger partial charge in [-0.3, -0.25) is 14.5 Å². The molecule has 0 spiro atoms. The van der Waals surface area contributed by atoms with Crippen molar-refractivity contribution in [1.82, 2.24) is 9.88 Å². The first-order chi connectivity index (χ1) is 21.9. The van der Waals surface area contributed by atoms with Crippen molar-refractivity contribution in [3.8, 4) is 23.0 Å². The Morgan fingerprint density at radius 2 is 1.49 bits per heavy atom. The third kappa shape index (κ3) is 5.91. The number of aromatic amines is 1. The third-order valence-electron chi connectivity index (χ3n) is 8.55. The second-order valence-corrected chi connectivity index (χ2v) is 11.2. The van der Waals surface area contributed by atoms with Crippen LogP contribution in [0.1, 0.15) is 33.5 Å².